The highest BCUT2D eigenvalue weighted by Gasteiger charge is 2.40. The van der Waals surface area contributed by atoms with Gasteiger partial charge in [-0.25, -0.2) is 9.97 Å². The van der Waals surface area contributed by atoms with Gasteiger partial charge in [0, 0.05) is 44.0 Å². The molecule has 0 atom stereocenters. The number of hydrogen-bond donors (Lipinski definition) is 1. The Bertz CT molecular complexity index is 760. The van der Waals surface area contributed by atoms with Gasteiger partial charge in [0.1, 0.15) is 0 Å². The van der Waals surface area contributed by atoms with Crippen molar-refractivity contribution in [2.45, 2.75) is 25.6 Å². The van der Waals surface area contributed by atoms with Crippen LogP contribution in [0.5, 0.6) is 0 Å². The lowest BCUT2D eigenvalue weighted by Crippen LogP contribution is -2.47. The van der Waals surface area contributed by atoms with Crippen LogP contribution < -0.4 is 5.32 Å². The Morgan fingerprint density at radius 3 is 2.31 bits per heavy atom. The minimum absolute atomic E-state index is 0.0558. The number of ether oxygens (including phenoxy) is 2. The van der Waals surface area contributed by atoms with Crippen molar-refractivity contribution in [3.05, 3.63) is 47.8 Å². The zero-order valence-electron chi connectivity index (χ0n) is 14.8. The molecule has 7 heteroatoms. The van der Waals surface area contributed by atoms with E-state index in [1.165, 1.54) is 5.56 Å². The molecular formula is C19H22N4O3. The Labute approximate surface area is 152 Å². The number of hydrogen-bond acceptors (Lipinski definition) is 6. The van der Waals surface area contributed by atoms with Crippen molar-refractivity contribution in [1.82, 2.24) is 14.9 Å². The van der Waals surface area contributed by atoms with E-state index in [-0.39, 0.29) is 5.91 Å². The number of anilines is 2. The number of piperidine rings is 1. The first-order valence-electron chi connectivity index (χ1n) is 8.87. The molecule has 1 amide bonds. The van der Waals surface area contributed by atoms with E-state index in [1.54, 1.807) is 12.4 Å². The maximum Gasteiger partial charge on any atom is 0.256 e. The summed E-state index contributed by atoms with van der Waals surface area (Å²) in [5.74, 6) is -0.0646. The van der Waals surface area contributed by atoms with Crippen molar-refractivity contribution >= 4 is 17.5 Å². The maximum absolute atomic E-state index is 12.7. The Morgan fingerprint density at radius 1 is 1.08 bits per heavy atom. The molecule has 0 unspecified atom stereocenters. The molecule has 0 saturated carbocycles. The van der Waals surface area contributed by atoms with E-state index in [0.717, 1.165) is 5.69 Å². The van der Waals surface area contributed by atoms with Crippen LogP contribution in [0.1, 0.15) is 28.8 Å². The smallest absolute Gasteiger partial charge is 0.256 e. The number of aromatic nitrogens is 2. The number of nitrogens with zero attached hydrogens (tertiary/aromatic N) is 3. The average Bonchev–Trinajstić information content (AvgIpc) is 3.12. The number of rotatable bonds is 3. The van der Waals surface area contributed by atoms with E-state index < -0.39 is 5.79 Å². The summed E-state index contributed by atoms with van der Waals surface area (Å²) in [6.45, 7) is 4.53. The van der Waals surface area contributed by atoms with E-state index in [0.29, 0.717) is 50.7 Å². The highest BCUT2D eigenvalue weighted by Crippen LogP contribution is 2.31. The van der Waals surface area contributed by atoms with E-state index in [2.05, 4.69) is 15.3 Å². The molecule has 1 aromatic heterocycles. The highest BCUT2D eigenvalue weighted by molar-refractivity contribution is 5.93. The molecule has 2 aliphatic heterocycles. The molecular weight excluding hydrogens is 332 g/mol. The van der Waals surface area contributed by atoms with E-state index in [9.17, 15) is 4.79 Å². The van der Waals surface area contributed by atoms with Gasteiger partial charge in [0.05, 0.1) is 18.8 Å². The van der Waals surface area contributed by atoms with Crippen LogP contribution in [0.2, 0.25) is 0 Å². The van der Waals surface area contributed by atoms with Gasteiger partial charge in [-0.3, -0.25) is 4.79 Å². The molecule has 2 fully saturated rings. The fourth-order valence-electron chi connectivity index (χ4n) is 3.29. The van der Waals surface area contributed by atoms with Crippen molar-refractivity contribution in [1.29, 1.82) is 0 Å². The van der Waals surface area contributed by atoms with E-state index in [1.807, 2.05) is 36.1 Å². The monoisotopic (exact) mass is 354 g/mol. The first-order valence-corrected chi connectivity index (χ1v) is 8.87. The van der Waals surface area contributed by atoms with Crippen LogP contribution in [-0.2, 0) is 9.47 Å². The van der Waals surface area contributed by atoms with Crippen molar-refractivity contribution in [2.75, 3.05) is 31.6 Å². The maximum atomic E-state index is 12.7. The van der Waals surface area contributed by atoms with Gasteiger partial charge in [0.15, 0.2) is 5.79 Å². The number of aryl methyl sites for hydroxylation is 1. The largest absolute Gasteiger partial charge is 0.347 e. The molecule has 0 aliphatic carbocycles. The summed E-state index contributed by atoms with van der Waals surface area (Å²) in [7, 11) is 0. The van der Waals surface area contributed by atoms with Gasteiger partial charge >= 0.3 is 0 Å². The second-order valence-electron chi connectivity index (χ2n) is 6.69. The summed E-state index contributed by atoms with van der Waals surface area (Å²) in [6.07, 6.45) is 4.54. The number of nitrogens with one attached hydrogen (secondary N) is 1. The number of carbonyl (C=O) groups is 1. The standard InChI is InChI=1S/C19H22N4O3/c1-14-2-4-16(5-3-14)22-18-20-12-15(13-21-18)17(24)23-8-6-19(7-9-23)25-10-11-26-19/h2-5,12-13H,6-11H2,1H3,(H,20,21,22). The van der Waals surface area contributed by atoms with E-state index in [4.69, 9.17) is 9.47 Å². The molecule has 2 aliphatic rings. The van der Waals surface area contributed by atoms with Gasteiger partial charge in [0.2, 0.25) is 5.95 Å². The fraction of sp³-hybridized carbons (Fsp3) is 0.421. The highest BCUT2D eigenvalue weighted by atomic mass is 16.7. The molecule has 4 rings (SSSR count). The van der Waals surface area contributed by atoms with Gasteiger partial charge in [0.25, 0.3) is 5.91 Å². The summed E-state index contributed by atoms with van der Waals surface area (Å²) < 4.78 is 11.4. The normalized spacial score (nSPS) is 18.9. The molecule has 1 aromatic carbocycles. The molecule has 26 heavy (non-hydrogen) atoms. The lowest BCUT2D eigenvalue weighted by molar-refractivity contribution is -0.181. The molecule has 2 aromatic rings. The quantitative estimate of drug-likeness (QED) is 0.913. The SMILES string of the molecule is Cc1ccc(Nc2ncc(C(=O)N3CCC4(CC3)OCCO4)cn2)cc1. The number of carbonyl (C=O) groups excluding carboxylic acids is 1. The lowest BCUT2D eigenvalue weighted by atomic mass is 10.0. The predicted molar refractivity (Wildman–Crippen MR) is 96.3 cm³/mol. The van der Waals surface area contributed by atoms with Gasteiger partial charge < -0.3 is 19.7 Å². The predicted octanol–water partition coefficient (Wildman–Crippen LogP) is 2.51. The van der Waals surface area contributed by atoms with Crippen molar-refractivity contribution in [3.63, 3.8) is 0 Å². The van der Waals surface area contributed by atoms with Gasteiger partial charge in [-0.15, -0.1) is 0 Å². The van der Waals surface area contributed by atoms with Crippen LogP contribution in [0, 0.1) is 6.92 Å². The molecule has 0 bridgehead atoms. The zero-order valence-corrected chi connectivity index (χ0v) is 14.8. The summed E-state index contributed by atoms with van der Waals surface area (Å²) >= 11 is 0. The van der Waals surface area contributed by atoms with E-state index >= 15 is 0 Å². The minimum Gasteiger partial charge on any atom is -0.347 e. The third-order valence-corrected chi connectivity index (χ3v) is 4.83. The van der Waals surface area contributed by atoms with Crippen LogP contribution in [-0.4, -0.2) is 52.9 Å². The second kappa shape index (κ2) is 7.01. The molecule has 1 spiro atoms. The first kappa shape index (κ1) is 16.9. The minimum atomic E-state index is -0.477. The van der Waals surface area contributed by atoms with Crippen LogP contribution >= 0.6 is 0 Å². The third kappa shape index (κ3) is 3.54. The van der Waals surface area contributed by atoms with Gasteiger partial charge in [-0.1, -0.05) is 17.7 Å². The van der Waals surface area contributed by atoms with Gasteiger partial charge in [-0.05, 0) is 19.1 Å². The molecule has 136 valence electrons. The average molecular weight is 354 g/mol. The van der Waals surface area contributed by atoms with Crippen LogP contribution in [0.4, 0.5) is 11.6 Å². The molecule has 1 N–H and O–H groups in total. The molecule has 3 heterocycles. The Hall–Kier alpha value is -2.51. The lowest BCUT2D eigenvalue weighted by Gasteiger charge is -2.37. The Balaban J connectivity index is 1.37. The van der Waals surface area contributed by atoms with Crippen LogP contribution in [0.15, 0.2) is 36.7 Å². The number of likely N-dealkylation sites (tertiary alicyclic amines) is 1. The van der Waals surface area contributed by atoms with Gasteiger partial charge in [-0.2, -0.15) is 0 Å². The first-order chi connectivity index (χ1) is 12.6. The van der Waals surface area contributed by atoms with Crippen molar-refractivity contribution in [2.24, 2.45) is 0 Å². The number of benzene rings is 1. The zero-order chi connectivity index (χ0) is 18.0. The summed E-state index contributed by atoms with van der Waals surface area (Å²) in [6, 6.07) is 7.96. The molecule has 7 nitrogen and oxygen atoms in total. The Kier molecular flexibility index (Phi) is 4.57. The summed E-state index contributed by atoms with van der Waals surface area (Å²) in [4.78, 5) is 23.0. The molecule has 0 radical (unpaired) electrons. The summed E-state index contributed by atoms with van der Waals surface area (Å²) in [5.41, 5.74) is 2.59. The van der Waals surface area contributed by atoms with Crippen LogP contribution in [0.3, 0.4) is 0 Å². The van der Waals surface area contributed by atoms with Crippen molar-refractivity contribution < 1.29 is 14.3 Å². The van der Waals surface area contributed by atoms with Crippen molar-refractivity contribution in [3.8, 4) is 0 Å². The third-order valence-electron chi connectivity index (χ3n) is 4.83. The number of amides is 1. The summed E-state index contributed by atoms with van der Waals surface area (Å²) in [5, 5.41) is 3.13. The molecule has 2 saturated heterocycles. The topological polar surface area (TPSA) is 76.6 Å². The van der Waals surface area contributed by atoms with Crippen LogP contribution in [0.25, 0.3) is 0 Å². The Morgan fingerprint density at radius 2 is 1.69 bits per heavy atom. The fourth-order valence-corrected chi connectivity index (χ4v) is 3.29. The second-order valence-corrected chi connectivity index (χ2v) is 6.69.